The summed E-state index contributed by atoms with van der Waals surface area (Å²) in [5, 5.41) is 3.28. The van der Waals surface area contributed by atoms with Crippen molar-refractivity contribution in [3.63, 3.8) is 0 Å². The summed E-state index contributed by atoms with van der Waals surface area (Å²) in [6.07, 6.45) is -5.61. The van der Waals surface area contributed by atoms with E-state index in [0.29, 0.717) is 24.2 Å². The standard InChI is InChI=1S/C26H29F3N2O5/c1-15-4-5-17(12-16(15)2)14-31-10-8-18(9-11-31)30-22-20-13-19(34-3)6-7-21(20)35-24(32)23(22)36-25(33)26(27,28)29/h4-7,12-13,18,22-23,30H,8-11,14H2,1-3H3. The Morgan fingerprint density at radius 1 is 1.11 bits per heavy atom. The molecular formula is C26H29F3N2O5. The number of alkyl halides is 3. The Morgan fingerprint density at radius 3 is 2.47 bits per heavy atom. The van der Waals surface area contributed by atoms with Crippen LogP contribution in [0.4, 0.5) is 13.2 Å². The van der Waals surface area contributed by atoms with Crippen LogP contribution in [0.2, 0.25) is 0 Å². The molecule has 2 aliphatic rings. The summed E-state index contributed by atoms with van der Waals surface area (Å²) in [4.78, 5) is 26.5. The van der Waals surface area contributed by atoms with E-state index >= 15 is 0 Å². The summed E-state index contributed by atoms with van der Waals surface area (Å²) in [5.74, 6) is -2.88. The van der Waals surface area contributed by atoms with Crippen LogP contribution in [0.15, 0.2) is 36.4 Å². The van der Waals surface area contributed by atoms with E-state index in [2.05, 4.69) is 47.0 Å². The minimum absolute atomic E-state index is 0.108. The van der Waals surface area contributed by atoms with Gasteiger partial charge < -0.3 is 19.5 Å². The molecule has 0 amide bonds. The van der Waals surface area contributed by atoms with Gasteiger partial charge in [0.05, 0.1) is 13.2 Å². The molecule has 194 valence electrons. The van der Waals surface area contributed by atoms with Crippen molar-refractivity contribution in [3.8, 4) is 11.5 Å². The molecule has 2 atom stereocenters. The molecule has 1 fully saturated rings. The lowest BCUT2D eigenvalue weighted by Gasteiger charge is -2.38. The van der Waals surface area contributed by atoms with Gasteiger partial charge in [0.25, 0.3) is 0 Å². The average molecular weight is 507 g/mol. The minimum Gasteiger partial charge on any atom is -0.497 e. The molecule has 1 saturated heterocycles. The lowest BCUT2D eigenvalue weighted by atomic mass is 9.94. The zero-order valence-corrected chi connectivity index (χ0v) is 20.4. The van der Waals surface area contributed by atoms with Gasteiger partial charge in [0, 0.05) is 18.2 Å². The van der Waals surface area contributed by atoms with Crippen LogP contribution in [-0.2, 0) is 20.9 Å². The number of nitrogens with one attached hydrogen (secondary N) is 1. The van der Waals surface area contributed by atoms with Gasteiger partial charge in [0.15, 0.2) is 0 Å². The Morgan fingerprint density at radius 2 is 1.83 bits per heavy atom. The minimum atomic E-state index is -5.24. The van der Waals surface area contributed by atoms with Gasteiger partial charge >= 0.3 is 18.1 Å². The normalized spacial score (nSPS) is 21.0. The van der Waals surface area contributed by atoms with E-state index in [1.54, 1.807) is 12.1 Å². The molecule has 2 aliphatic heterocycles. The molecule has 2 unspecified atom stereocenters. The molecule has 0 aliphatic carbocycles. The molecule has 2 aromatic rings. The predicted molar refractivity (Wildman–Crippen MR) is 125 cm³/mol. The maximum absolute atomic E-state index is 12.9. The molecule has 2 heterocycles. The lowest BCUT2D eigenvalue weighted by molar-refractivity contribution is -0.209. The van der Waals surface area contributed by atoms with E-state index in [4.69, 9.17) is 9.47 Å². The number of aryl methyl sites for hydroxylation is 2. The highest BCUT2D eigenvalue weighted by molar-refractivity contribution is 5.85. The Kier molecular flexibility index (Phi) is 7.56. The monoisotopic (exact) mass is 506 g/mol. The molecule has 0 radical (unpaired) electrons. The average Bonchev–Trinajstić information content (AvgIpc) is 2.83. The van der Waals surface area contributed by atoms with E-state index in [9.17, 15) is 22.8 Å². The van der Waals surface area contributed by atoms with Crippen molar-refractivity contribution >= 4 is 11.9 Å². The Bertz CT molecular complexity index is 1130. The highest BCUT2D eigenvalue weighted by Gasteiger charge is 2.48. The quantitative estimate of drug-likeness (QED) is 0.469. The van der Waals surface area contributed by atoms with E-state index in [0.717, 1.165) is 19.6 Å². The molecule has 0 spiro atoms. The number of carbonyl (C=O) groups excluding carboxylic acids is 2. The van der Waals surface area contributed by atoms with Crippen LogP contribution in [0.25, 0.3) is 0 Å². The second-order valence-electron chi connectivity index (χ2n) is 9.26. The summed E-state index contributed by atoms with van der Waals surface area (Å²) in [6.45, 7) is 6.48. The number of nitrogens with zero attached hydrogens (tertiary/aromatic N) is 1. The smallest absolute Gasteiger partial charge is 0.490 e. The maximum Gasteiger partial charge on any atom is 0.490 e. The zero-order valence-electron chi connectivity index (χ0n) is 20.4. The number of hydrogen-bond donors (Lipinski definition) is 1. The summed E-state index contributed by atoms with van der Waals surface area (Å²) in [5.41, 5.74) is 4.10. The SMILES string of the molecule is COc1ccc2c(c1)C(NC1CCN(Cc3ccc(C)c(C)c3)CC1)C(OC(=O)C(F)(F)F)C(=O)O2. The number of ether oxygens (including phenoxy) is 3. The van der Waals surface area contributed by atoms with Crippen molar-refractivity contribution in [2.75, 3.05) is 20.2 Å². The number of benzene rings is 2. The molecule has 0 bridgehead atoms. The van der Waals surface area contributed by atoms with E-state index in [-0.39, 0.29) is 11.8 Å². The number of rotatable bonds is 6. The number of carbonyl (C=O) groups is 2. The first-order valence-electron chi connectivity index (χ1n) is 11.8. The van der Waals surface area contributed by atoms with Gasteiger partial charge in [-0.15, -0.1) is 0 Å². The first-order valence-corrected chi connectivity index (χ1v) is 11.8. The topological polar surface area (TPSA) is 77.1 Å². The molecular weight excluding hydrogens is 477 g/mol. The van der Waals surface area contributed by atoms with Crippen molar-refractivity contribution in [2.45, 2.75) is 57.6 Å². The zero-order chi connectivity index (χ0) is 26.0. The van der Waals surface area contributed by atoms with Gasteiger partial charge in [-0.2, -0.15) is 13.2 Å². The van der Waals surface area contributed by atoms with Crippen LogP contribution in [0.5, 0.6) is 11.5 Å². The van der Waals surface area contributed by atoms with Crippen LogP contribution < -0.4 is 14.8 Å². The van der Waals surface area contributed by atoms with Crippen LogP contribution >= 0.6 is 0 Å². The van der Waals surface area contributed by atoms with Gasteiger partial charge in [-0.25, -0.2) is 9.59 Å². The molecule has 0 saturated carbocycles. The number of methoxy groups -OCH3 is 1. The van der Waals surface area contributed by atoms with E-state index in [1.807, 2.05) is 0 Å². The molecule has 7 nitrogen and oxygen atoms in total. The highest BCUT2D eigenvalue weighted by Crippen LogP contribution is 2.38. The van der Waals surface area contributed by atoms with Crippen molar-refractivity contribution in [1.82, 2.24) is 10.2 Å². The van der Waals surface area contributed by atoms with Crippen molar-refractivity contribution in [1.29, 1.82) is 0 Å². The Hall–Kier alpha value is -3.11. The van der Waals surface area contributed by atoms with E-state index in [1.165, 1.54) is 29.9 Å². The number of piperidine rings is 1. The second-order valence-corrected chi connectivity index (χ2v) is 9.26. The van der Waals surface area contributed by atoms with E-state index < -0.39 is 30.3 Å². The second kappa shape index (κ2) is 10.5. The highest BCUT2D eigenvalue weighted by atomic mass is 19.4. The van der Waals surface area contributed by atoms with Crippen molar-refractivity contribution < 1.29 is 37.0 Å². The molecule has 4 rings (SSSR count). The van der Waals surface area contributed by atoms with Crippen LogP contribution in [0, 0.1) is 13.8 Å². The fraction of sp³-hybridized carbons (Fsp3) is 0.462. The van der Waals surface area contributed by atoms with Gasteiger partial charge in [-0.3, -0.25) is 4.90 Å². The first kappa shape index (κ1) is 26.0. The molecule has 36 heavy (non-hydrogen) atoms. The van der Waals surface area contributed by atoms with Crippen LogP contribution in [0.3, 0.4) is 0 Å². The molecule has 10 heteroatoms. The predicted octanol–water partition coefficient (Wildman–Crippen LogP) is 4.00. The lowest BCUT2D eigenvalue weighted by Crippen LogP contribution is -2.51. The van der Waals surface area contributed by atoms with Gasteiger partial charge in [0.1, 0.15) is 11.5 Å². The third kappa shape index (κ3) is 5.82. The van der Waals surface area contributed by atoms with Gasteiger partial charge in [-0.1, -0.05) is 18.2 Å². The van der Waals surface area contributed by atoms with Gasteiger partial charge in [0.2, 0.25) is 6.10 Å². The number of halogens is 3. The third-order valence-corrected chi connectivity index (χ3v) is 6.74. The summed E-state index contributed by atoms with van der Waals surface area (Å²) < 4.78 is 53.8. The third-order valence-electron chi connectivity index (χ3n) is 6.74. The number of fused-ring (bicyclic) bond motifs is 1. The Labute approximate surface area is 207 Å². The largest absolute Gasteiger partial charge is 0.497 e. The number of hydrogen-bond acceptors (Lipinski definition) is 7. The summed E-state index contributed by atoms with van der Waals surface area (Å²) in [7, 11) is 1.45. The number of likely N-dealkylation sites (tertiary alicyclic amines) is 1. The summed E-state index contributed by atoms with van der Waals surface area (Å²) >= 11 is 0. The molecule has 1 N–H and O–H groups in total. The van der Waals surface area contributed by atoms with Crippen LogP contribution in [0.1, 0.15) is 41.1 Å². The van der Waals surface area contributed by atoms with Crippen LogP contribution in [-0.4, -0.2) is 55.4 Å². The van der Waals surface area contributed by atoms with Gasteiger partial charge in [-0.05, 0) is 74.7 Å². The molecule has 0 aromatic heterocycles. The summed E-state index contributed by atoms with van der Waals surface area (Å²) in [6, 6.07) is 9.94. The first-order chi connectivity index (χ1) is 17.0. The number of esters is 2. The van der Waals surface area contributed by atoms with Crippen molar-refractivity contribution in [3.05, 3.63) is 58.7 Å². The van der Waals surface area contributed by atoms with Crippen molar-refractivity contribution in [2.24, 2.45) is 0 Å². The molecule has 2 aromatic carbocycles. The fourth-order valence-electron chi connectivity index (χ4n) is 4.60. The fourth-order valence-corrected chi connectivity index (χ4v) is 4.60. The maximum atomic E-state index is 12.9. The Balaban J connectivity index is 1.49.